The van der Waals surface area contributed by atoms with Crippen molar-refractivity contribution in [3.8, 4) is 11.5 Å². The molecule has 0 atom stereocenters. The second-order valence-corrected chi connectivity index (χ2v) is 7.10. The number of rotatable bonds is 6. The van der Waals surface area contributed by atoms with Gasteiger partial charge in [-0.2, -0.15) is 5.10 Å². The summed E-state index contributed by atoms with van der Waals surface area (Å²) < 4.78 is 11.2. The number of aromatic nitrogens is 2. The Morgan fingerprint density at radius 3 is 2.95 bits per heavy atom. The van der Waals surface area contributed by atoms with Crippen LogP contribution in [0.1, 0.15) is 4.88 Å². The summed E-state index contributed by atoms with van der Waals surface area (Å²) in [5.74, 6) is 0.658. The molecular weight excluding hydrogens is 318 g/mol. The van der Waals surface area contributed by atoms with Gasteiger partial charge in [-0.15, -0.1) is 11.3 Å². The Kier molecular flexibility index (Phi) is 4.77. The largest absolute Gasteiger partial charge is 0.463 e. The molecule has 0 saturated heterocycles. The molecule has 0 bridgehead atoms. The minimum absolute atomic E-state index is 0.117. The summed E-state index contributed by atoms with van der Waals surface area (Å²) in [5.41, 5.74) is 0.542. The minimum atomic E-state index is -0.117. The van der Waals surface area contributed by atoms with Crippen molar-refractivity contribution in [3.05, 3.63) is 57.9 Å². The molecule has 0 fully saturated rings. The first-order chi connectivity index (χ1) is 10.7. The van der Waals surface area contributed by atoms with Crippen LogP contribution in [0.3, 0.4) is 0 Å². The third-order valence-electron chi connectivity index (χ3n) is 2.95. The molecule has 0 aliphatic carbocycles. The molecule has 3 aromatic rings. The number of thiophene rings is 1. The lowest BCUT2D eigenvalue weighted by molar-refractivity contribution is 0.554. The summed E-state index contributed by atoms with van der Waals surface area (Å²) in [5, 5.41) is 4.33. The van der Waals surface area contributed by atoms with Gasteiger partial charge in [0.1, 0.15) is 5.69 Å². The molecule has 0 aromatic carbocycles. The minimum Gasteiger partial charge on any atom is -0.463 e. The molecule has 0 aliphatic rings. The van der Waals surface area contributed by atoms with Crippen molar-refractivity contribution in [2.24, 2.45) is 0 Å². The van der Waals surface area contributed by atoms with Gasteiger partial charge < -0.3 is 4.42 Å². The molecule has 114 valence electrons. The molecule has 0 amide bonds. The van der Waals surface area contributed by atoms with Crippen molar-refractivity contribution in [1.82, 2.24) is 14.5 Å². The number of nitrogens with one attached hydrogen (secondary N) is 1. The molecule has 0 radical (unpaired) electrons. The third kappa shape index (κ3) is 3.68. The van der Waals surface area contributed by atoms with Crippen molar-refractivity contribution in [1.29, 1.82) is 0 Å². The van der Waals surface area contributed by atoms with Crippen LogP contribution < -0.4 is 10.3 Å². The van der Waals surface area contributed by atoms with Crippen molar-refractivity contribution in [2.45, 2.75) is 17.7 Å². The quantitative estimate of drug-likeness (QED) is 0.554. The van der Waals surface area contributed by atoms with E-state index in [1.165, 1.54) is 19.8 Å². The lowest BCUT2D eigenvalue weighted by Crippen LogP contribution is -2.26. The summed E-state index contributed by atoms with van der Waals surface area (Å²) in [6.45, 7) is 3.24. The van der Waals surface area contributed by atoms with E-state index in [-0.39, 0.29) is 5.56 Å². The van der Waals surface area contributed by atoms with Gasteiger partial charge >= 0.3 is 0 Å². The van der Waals surface area contributed by atoms with Crippen LogP contribution in [0.15, 0.2) is 56.1 Å². The van der Waals surface area contributed by atoms with Crippen molar-refractivity contribution in [3.63, 3.8) is 0 Å². The smallest absolute Gasteiger partial charge is 0.266 e. The highest BCUT2D eigenvalue weighted by Crippen LogP contribution is 2.24. The van der Waals surface area contributed by atoms with Crippen LogP contribution in [0.25, 0.3) is 11.5 Å². The van der Waals surface area contributed by atoms with Gasteiger partial charge in [-0.1, -0.05) is 0 Å². The second-order valence-electron chi connectivity index (χ2n) is 4.62. The predicted octanol–water partition coefficient (Wildman–Crippen LogP) is 3.17. The summed E-state index contributed by atoms with van der Waals surface area (Å²) in [6.07, 6.45) is 1.59. The molecule has 5 nitrogen and oxygen atoms in total. The van der Waals surface area contributed by atoms with Crippen LogP contribution in [0.5, 0.6) is 0 Å². The fraction of sp³-hybridized carbons (Fsp3) is 0.200. The molecule has 0 aliphatic heterocycles. The molecule has 0 spiro atoms. The van der Waals surface area contributed by atoms with E-state index in [0.717, 1.165) is 0 Å². The van der Waals surface area contributed by atoms with Crippen LogP contribution in [0.4, 0.5) is 0 Å². The van der Waals surface area contributed by atoms with Gasteiger partial charge in [-0.25, -0.2) is 4.68 Å². The van der Waals surface area contributed by atoms with Crippen LogP contribution in [-0.2, 0) is 6.54 Å². The van der Waals surface area contributed by atoms with Crippen molar-refractivity contribution >= 4 is 23.3 Å². The van der Waals surface area contributed by atoms with Crippen molar-refractivity contribution < 1.29 is 4.42 Å². The maximum atomic E-state index is 11.8. The fourth-order valence-electron chi connectivity index (χ4n) is 1.91. The van der Waals surface area contributed by atoms with Crippen LogP contribution in [-0.4, -0.2) is 16.3 Å². The third-order valence-corrected chi connectivity index (χ3v) is 4.94. The Balaban J connectivity index is 1.60. The zero-order valence-corrected chi connectivity index (χ0v) is 13.6. The van der Waals surface area contributed by atoms with Gasteiger partial charge in [0.15, 0.2) is 5.76 Å². The van der Waals surface area contributed by atoms with E-state index >= 15 is 0 Å². The molecule has 0 saturated carbocycles. The van der Waals surface area contributed by atoms with Crippen LogP contribution >= 0.6 is 23.3 Å². The average Bonchev–Trinajstić information content (AvgIpc) is 3.17. The van der Waals surface area contributed by atoms with Gasteiger partial charge in [0, 0.05) is 17.5 Å². The zero-order chi connectivity index (χ0) is 15.4. The summed E-state index contributed by atoms with van der Waals surface area (Å²) in [4.78, 5) is 13.1. The Bertz CT molecular complexity index is 793. The standard InChI is InChI=1S/C15H15N3O2S2/c1-11-4-7-15(21-11)22-16-8-9-18-14(19)6-5-12(17-18)13-3-2-10-20-13/h2-7,10,16H,8-9H2,1H3. The van der Waals surface area contributed by atoms with E-state index < -0.39 is 0 Å². The SMILES string of the molecule is Cc1ccc(SNCCn2nc(-c3ccco3)ccc2=O)s1. The molecule has 3 rings (SSSR count). The second kappa shape index (κ2) is 6.95. The Labute approximate surface area is 136 Å². The lowest BCUT2D eigenvalue weighted by atomic mass is 10.3. The molecule has 3 aromatic heterocycles. The Hall–Kier alpha value is -1.83. The number of aryl methyl sites for hydroxylation is 1. The van der Waals surface area contributed by atoms with E-state index in [1.807, 2.05) is 6.07 Å². The molecule has 7 heteroatoms. The number of hydrogen-bond acceptors (Lipinski definition) is 6. The Morgan fingerprint density at radius 2 is 2.23 bits per heavy atom. The topological polar surface area (TPSA) is 60.1 Å². The van der Waals surface area contributed by atoms with E-state index in [9.17, 15) is 4.79 Å². The summed E-state index contributed by atoms with van der Waals surface area (Å²) in [6, 6.07) is 11.0. The number of nitrogens with zero attached hydrogens (tertiary/aromatic N) is 2. The number of hydrogen-bond donors (Lipinski definition) is 1. The fourth-order valence-corrected chi connectivity index (χ4v) is 3.70. The van der Waals surface area contributed by atoms with E-state index in [2.05, 4.69) is 28.9 Å². The van der Waals surface area contributed by atoms with Crippen LogP contribution in [0, 0.1) is 6.92 Å². The first kappa shape index (κ1) is 15.1. The first-order valence-electron chi connectivity index (χ1n) is 6.80. The maximum absolute atomic E-state index is 11.8. The highest BCUT2D eigenvalue weighted by Gasteiger charge is 2.05. The van der Waals surface area contributed by atoms with Crippen LogP contribution in [0.2, 0.25) is 0 Å². The summed E-state index contributed by atoms with van der Waals surface area (Å²) in [7, 11) is 0. The molecule has 0 unspecified atom stereocenters. The van der Waals surface area contributed by atoms with Gasteiger partial charge in [0.25, 0.3) is 5.56 Å². The normalized spacial score (nSPS) is 11.0. The number of furan rings is 1. The van der Waals surface area contributed by atoms with Crippen molar-refractivity contribution in [2.75, 3.05) is 6.54 Å². The molecule has 1 N–H and O–H groups in total. The van der Waals surface area contributed by atoms with Gasteiger partial charge in [0.2, 0.25) is 0 Å². The lowest BCUT2D eigenvalue weighted by Gasteiger charge is -2.06. The van der Waals surface area contributed by atoms with Gasteiger partial charge in [-0.05, 0) is 49.2 Å². The highest BCUT2D eigenvalue weighted by molar-refractivity contribution is 7.99. The predicted molar refractivity (Wildman–Crippen MR) is 89.1 cm³/mol. The van der Waals surface area contributed by atoms with Gasteiger partial charge in [0.05, 0.1) is 17.0 Å². The monoisotopic (exact) mass is 333 g/mol. The highest BCUT2D eigenvalue weighted by atomic mass is 32.2. The maximum Gasteiger partial charge on any atom is 0.266 e. The first-order valence-corrected chi connectivity index (χ1v) is 8.44. The Morgan fingerprint density at radius 1 is 1.32 bits per heavy atom. The zero-order valence-electron chi connectivity index (χ0n) is 12.0. The molecule has 3 heterocycles. The van der Waals surface area contributed by atoms with E-state index in [0.29, 0.717) is 24.5 Å². The van der Waals surface area contributed by atoms with E-state index in [4.69, 9.17) is 4.42 Å². The summed E-state index contributed by atoms with van der Waals surface area (Å²) >= 11 is 3.32. The van der Waals surface area contributed by atoms with E-state index in [1.54, 1.807) is 41.7 Å². The average molecular weight is 333 g/mol. The molecule has 22 heavy (non-hydrogen) atoms. The van der Waals surface area contributed by atoms with Gasteiger partial charge in [-0.3, -0.25) is 9.52 Å². The molecular formula is C15H15N3O2S2.